The number of hydrogen-bond donors (Lipinski definition) is 2. The van der Waals surface area contributed by atoms with Crippen molar-refractivity contribution >= 4 is 11.7 Å². The molecule has 2 rings (SSSR count). The molecule has 1 aromatic heterocycles. The maximum absolute atomic E-state index is 11.9. The number of hydrogen-bond acceptors (Lipinski definition) is 6. The second kappa shape index (κ2) is 3.85. The number of carbonyl (C=O) groups is 1. The minimum Gasteiger partial charge on any atom is -0.379 e. The molecule has 1 aliphatic heterocycles. The van der Waals surface area contributed by atoms with E-state index < -0.39 is 0 Å². The predicted molar refractivity (Wildman–Crippen MR) is 51.8 cm³/mol. The minimum absolute atomic E-state index is 0.0303. The fourth-order valence-corrected chi connectivity index (χ4v) is 1.83. The Bertz CT molecular complexity index is 364. The molecule has 0 bridgehead atoms. The van der Waals surface area contributed by atoms with Crippen LogP contribution in [0, 0.1) is 0 Å². The summed E-state index contributed by atoms with van der Waals surface area (Å²) in [7, 11) is 0. The molecule has 0 aromatic carbocycles. The van der Waals surface area contributed by atoms with Crippen molar-refractivity contribution in [2.24, 2.45) is 5.73 Å². The number of likely N-dealkylation sites (tertiary alicyclic amines) is 1. The molecule has 0 aliphatic carbocycles. The van der Waals surface area contributed by atoms with Crippen molar-refractivity contribution in [1.29, 1.82) is 0 Å². The Morgan fingerprint density at radius 3 is 3.00 bits per heavy atom. The topological polar surface area (TPSA) is 111 Å². The van der Waals surface area contributed by atoms with E-state index in [0.717, 1.165) is 12.8 Å². The van der Waals surface area contributed by atoms with Crippen molar-refractivity contribution in [3.63, 3.8) is 0 Å². The smallest absolute Gasteiger partial charge is 0.280 e. The summed E-state index contributed by atoms with van der Waals surface area (Å²) in [5.41, 5.74) is 11.1. The van der Waals surface area contributed by atoms with E-state index in [-0.39, 0.29) is 23.5 Å². The molecule has 1 unspecified atom stereocenters. The lowest BCUT2D eigenvalue weighted by Crippen LogP contribution is -2.40. The molecule has 0 radical (unpaired) electrons. The molecule has 82 valence electrons. The predicted octanol–water partition coefficient (Wildman–Crippen LogP) is -0.785. The van der Waals surface area contributed by atoms with Crippen molar-refractivity contribution in [3.8, 4) is 0 Å². The number of rotatable bonds is 2. The Labute approximate surface area is 86.4 Å². The average molecular weight is 211 g/mol. The van der Waals surface area contributed by atoms with Gasteiger partial charge in [-0.05, 0) is 23.2 Å². The summed E-state index contributed by atoms with van der Waals surface area (Å²) < 4.78 is 4.39. The third kappa shape index (κ3) is 1.65. The van der Waals surface area contributed by atoms with Crippen LogP contribution in [0.5, 0.6) is 0 Å². The van der Waals surface area contributed by atoms with Crippen molar-refractivity contribution in [2.45, 2.75) is 18.9 Å². The molecule has 1 saturated heterocycles. The normalized spacial score (nSPS) is 20.9. The summed E-state index contributed by atoms with van der Waals surface area (Å²) in [6.45, 7) is 1.14. The van der Waals surface area contributed by atoms with Gasteiger partial charge < -0.3 is 16.4 Å². The first kappa shape index (κ1) is 9.91. The minimum atomic E-state index is -0.248. The summed E-state index contributed by atoms with van der Waals surface area (Å²) >= 11 is 0. The second-order valence-electron chi connectivity index (χ2n) is 3.53. The molecular weight excluding hydrogens is 198 g/mol. The van der Waals surface area contributed by atoms with Crippen molar-refractivity contribution in [1.82, 2.24) is 15.2 Å². The molecule has 1 atom stereocenters. The highest BCUT2D eigenvalue weighted by Crippen LogP contribution is 2.20. The Kier molecular flexibility index (Phi) is 2.55. The monoisotopic (exact) mass is 211 g/mol. The van der Waals surface area contributed by atoms with Gasteiger partial charge in [0.25, 0.3) is 5.91 Å². The van der Waals surface area contributed by atoms with E-state index in [9.17, 15) is 4.79 Å². The highest BCUT2D eigenvalue weighted by atomic mass is 16.6. The van der Waals surface area contributed by atoms with Crippen LogP contribution in [0.25, 0.3) is 0 Å². The molecule has 1 aliphatic rings. The summed E-state index contributed by atoms with van der Waals surface area (Å²) in [6, 6.07) is 0.0774. The Morgan fingerprint density at radius 1 is 1.60 bits per heavy atom. The summed E-state index contributed by atoms with van der Waals surface area (Å²) in [4.78, 5) is 13.6. The molecule has 7 heteroatoms. The van der Waals surface area contributed by atoms with Gasteiger partial charge in [-0.2, -0.15) is 0 Å². The lowest BCUT2D eigenvalue weighted by Gasteiger charge is -2.21. The Hall–Kier alpha value is -1.63. The molecule has 0 saturated carbocycles. The molecule has 15 heavy (non-hydrogen) atoms. The van der Waals surface area contributed by atoms with Crippen LogP contribution < -0.4 is 11.5 Å². The second-order valence-corrected chi connectivity index (χ2v) is 3.53. The molecule has 1 amide bonds. The van der Waals surface area contributed by atoms with Crippen LogP contribution in [-0.2, 0) is 0 Å². The highest BCUT2D eigenvalue weighted by Gasteiger charge is 2.31. The molecule has 1 aromatic rings. The van der Waals surface area contributed by atoms with E-state index in [1.807, 2.05) is 0 Å². The standard InChI is InChI=1S/C8H13N5O2/c9-4-5-2-1-3-13(5)8(14)6-7(10)12-15-11-6/h5H,1-4,9H2,(H2,10,12). The van der Waals surface area contributed by atoms with Gasteiger partial charge >= 0.3 is 0 Å². The van der Waals surface area contributed by atoms with Crippen molar-refractivity contribution < 1.29 is 9.42 Å². The maximum atomic E-state index is 11.9. The SMILES string of the molecule is NCC1CCCN1C(=O)c1nonc1N. The Balaban J connectivity index is 2.18. The van der Waals surface area contributed by atoms with Gasteiger partial charge in [-0.1, -0.05) is 0 Å². The van der Waals surface area contributed by atoms with E-state index in [1.54, 1.807) is 4.90 Å². The number of anilines is 1. The fourth-order valence-electron chi connectivity index (χ4n) is 1.83. The van der Waals surface area contributed by atoms with E-state index >= 15 is 0 Å². The zero-order chi connectivity index (χ0) is 10.8. The lowest BCUT2D eigenvalue weighted by atomic mass is 10.2. The largest absolute Gasteiger partial charge is 0.379 e. The number of amides is 1. The zero-order valence-corrected chi connectivity index (χ0v) is 8.22. The van der Waals surface area contributed by atoms with Gasteiger partial charge in [-0.15, -0.1) is 0 Å². The van der Waals surface area contributed by atoms with Crippen molar-refractivity contribution in [2.75, 3.05) is 18.8 Å². The van der Waals surface area contributed by atoms with E-state index in [0.29, 0.717) is 13.1 Å². The molecule has 0 spiro atoms. The van der Waals surface area contributed by atoms with Crippen LogP contribution in [0.2, 0.25) is 0 Å². The van der Waals surface area contributed by atoms with Crippen LogP contribution in [-0.4, -0.2) is 40.3 Å². The molecule has 4 N–H and O–H groups in total. The molecule has 2 heterocycles. The van der Waals surface area contributed by atoms with Gasteiger partial charge in [0, 0.05) is 19.1 Å². The Morgan fingerprint density at radius 2 is 2.40 bits per heavy atom. The maximum Gasteiger partial charge on any atom is 0.280 e. The first-order valence-corrected chi connectivity index (χ1v) is 4.83. The number of aromatic nitrogens is 2. The summed E-state index contributed by atoms with van der Waals surface area (Å²) in [6.07, 6.45) is 1.88. The number of carbonyl (C=O) groups excluding carboxylic acids is 1. The number of nitrogen functional groups attached to an aromatic ring is 1. The lowest BCUT2D eigenvalue weighted by molar-refractivity contribution is 0.0730. The number of nitrogens with zero attached hydrogens (tertiary/aromatic N) is 3. The van der Waals surface area contributed by atoms with Crippen LogP contribution in [0.15, 0.2) is 4.63 Å². The quantitative estimate of drug-likeness (QED) is 0.663. The van der Waals surface area contributed by atoms with Crippen molar-refractivity contribution in [3.05, 3.63) is 5.69 Å². The molecular formula is C8H13N5O2. The van der Waals surface area contributed by atoms with E-state index in [1.165, 1.54) is 0 Å². The summed E-state index contributed by atoms with van der Waals surface area (Å²) in [5, 5.41) is 6.86. The third-order valence-electron chi connectivity index (χ3n) is 2.63. The van der Waals surface area contributed by atoms with E-state index in [4.69, 9.17) is 11.5 Å². The first-order chi connectivity index (χ1) is 7.24. The summed E-state index contributed by atoms with van der Waals surface area (Å²) in [5.74, 6) is -0.218. The first-order valence-electron chi connectivity index (χ1n) is 4.83. The van der Waals surface area contributed by atoms with Gasteiger partial charge in [0.15, 0.2) is 0 Å². The van der Waals surface area contributed by atoms with Crippen LogP contribution in [0.1, 0.15) is 23.3 Å². The number of nitrogens with two attached hydrogens (primary N) is 2. The zero-order valence-electron chi connectivity index (χ0n) is 8.22. The third-order valence-corrected chi connectivity index (χ3v) is 2.63. The van der Waals surface area contributed by atoms with Gasteiger partial charge in [0.1, 0.15) is 0 Å². The van der Waals surface area contributed by atoms with E-state index in [2.05, 4.69) is 14.9 Å². The average Bonchev–Trinajstić information content (AvgIpc) is 2.84. The fraction of sp³-hybridized carbons (Fsp3) is 0.625. The van der Waals surface area contributed by atoms with Gasteiger partial charge in [-0.3, -0.25) is 4.79 Å². The van der Waals surface area contributed by atoms with Crippen LogP contribution in [0.4, 0.5) is 5.82 Å². The van der Waals surface area contributed by atoms with Gasteiger partial charge in [-0.25, -0.2) is 4.63 Å². The molecule has 1 fully saturated rings. The van der Waals surface area contributed by atoms with Gasteiger partial charge in [0.2, 0.25) is 11.5 Å². The van der Waals surface area contributed by atoms with Crippen LogP contribution in [0.3, 0.4) is 0 Å². The molecule has 7 nitrogen and oxygen atoms in total. The van der Waals surface area contributed by atoms with Gasteiger partial charge in [0.05, 0.1) is 0 Å². The highest BCUT2D eigenvalue weighted by molar-refractivity contribution is 5.96. The van der Waals surface area contributed by atoms with Crippen LogP contribution >= 0.6 is 0 Å².